The summed E-state index contributed by atoms with van der Waals surface area (Å²) in [5.74, 6) is 1.05. The molecule has 0 saturated carbocycles. The van der Waals surface area contributed by atoms with Crippen molar-refractivity contribution in [2.24, 2.45) is 5.92 Å². The van der Waals surface area contributed by atoms with Crippen molar-refractivity contribution < 1.29 is 6.22 Å². The van der Waals surface area contributed by atoms with Crippen molar-refractivity contribution >= 4 is 5.78 Å². The molecule has 0 aliphatic rings. The molecule has 15 heavy (non-hydrogen) atoms. The molecular formula is C13H29NO. The lowest BCUT2D eigenvalue weighted by atomic mass is 10.3. The van der Waals surface area contributed by atoms with Crippen LogP contribution < -0.4 is 5.32 Å². The van der Waals surface area contributed by atoms with E-state index >= 15 is 0 Å². The number of nitrogens with one attached hydrogen (secondary N) is 1. The monoisotopic (exact) mass is 215 g/mol. The Kier molecular flexibility index (Phi) is 12.8. The molecule has 0 aliphatic carbocycles. The van der Waals surface area contributed by atoms with Gasteiger partial charge in [0.25, 0.3) is 0 Å². The quantitative estimate of drug-likeness (QED) is 0.712. The summed E-state index contributed by atoms with van der Waals surface area (Å²) < 4.78 is 0. The van der Waals surface area contributed by atoms with Gasteiger partial charge < -0.3 is 5.32 Å². The summed E-state index contributed by atoms with van der Waals surface area (Å²) in [7, 11) is 0. The number of ketones is 1. The van der Waals surface area contributed by atoms with Crippen LogP contribution in [0.25, 0.3) is 0 Å². The molecule has 0 saturated heterocycles. The summed E-state index contributed by atoms with van der Waals surface area (Å²) in [5, 5.41) is 3.22. The van der Waals surface area contributed by atoms with Crippen LogP contribution in [0, 0.1) is 5.92 Å². The van der Waals surface area contributed by atoms with E-state index in [4.69, 9.17) is 0 Å². The second kappa shape index (κ2) is 11.4. The predicted octanol–water partition coefficient (Wildman–Crippen LogP) is 3.43. The number of allylic oxidation sites excluding steroid dienone is 1. The van der Waals surface area contributed by atoms with Crippen LogP contribution in [0.3, 0.4) is 0 Å². The normalized spacial score (nSPS) is 10.7. The van der Waals surface area contributed by atoms with E-state index in [2.05, 4.69) is 39.9 Å². The maximum atomic E-state index is 10.5. The van der Waals surface area contributed by atoms with Crippen LogP contribution in [0.1, 0.15) is 49.4 Å². The number of hydrogen-bond acceptors (Lipinski definition) is 2. The Balaban J connectivity index is -0.000000292. The van der Waals surface area contributed by atoms with E-state index in [0.717, 1.165) is 12.5 Å². The van der Waals surface area contributed by atoms with Gasteiger partial charge in [0.15, 0.2) is 0 Å². The minimum atomic E-state index is 0. The number of carbonyl (C=O) groups excluding carboxylic acids is 1. The van der Waals surface area contributed by atoms with Gasteiger partial charge in [-0.1, -0.05) is 46.8 Å². The molecule has 2 nitrogen and oxygen atoms in total. The number of carbonyl (C=O) groups is 1. The second-order valence-electron chi connectivity index (χ2n) is 4.67. The van der Waals surface area contributed by atoms with Crippen molar-refractivity contribution in [1.82, 2.24) is 5.32 Å². The van der Waals surface area contributed by atoms with Crippen molar-refractivity contribution in [3.8, 4) is 0 Å². The minimum Gasteiger partial charge on any atom is -0.311 e. The molecule has 92 valence electrons. The van der Waals surface area contributed by atoms with Gasteiger partial charge in [-0.3, -0.25) is 4.79 Å². The maximum Gasteiger partial charge on any atom is 0.133 e. The smallest absolute Gasteiger partial charge is 0.133 e. The summed E-state index contributed by atoms with van der Waals surface area (Å²) in [4.78, 5) is 10.5. The Bertz CT molecular complexity index is 174. The predicted molar refractivity (Wildman–Crippen MR) is 70.2 cm³/mol. The molecule has 0 aromatic rings. The van der Waals surface area contributed by atoms with Crippen molar-refractivity contribution in [1.29, 1.82) is 0 Å². The van der Waals surface area contributed by atoms with Gasteiger partial charge in [0.1, 0.15) is 5.78 Å². The Morgan fingerprint density at radius 1 is 1.20 bits per heavy atom. The maximum absolute atomic E-state index is 10.5. The highest BCUT2D eigenvalue weighted by Crippen LogP contribution is 1.84. The molecule has 1 N–H and O–H groups in total. The molecular weight excluding hydrogens is 186 g/mol. The van der Waals surface area contributed by atoms with Gasteiger partial charge in [0.05, 0.1) is 0 Å². The average Bonchev–Trinajstić information content (AvgIpc) is 2.01. The molecule has 0 rings (SSSR count). The van der Waals surface area contributed by atoms with E-state index in [-0.39, 0.29) is 7.21 Å². The molecule has 0 spiro atoms. The van der Waals surface area contributed by atoms with E-state index in [1.54, 1.807) is 6.92 Å². The molecule has 2 heteroatoms. The highest BCUT2D eigenvalue weighted by molar-refractivity contribution is 5.76. The SMILES string of the molecule is CC(=O)C/C=C/CNC(C)C.CC(C)C.[HH]. The fourth-order valence-electron chi connectivity index (χ4n) is 0.636. The fraction of sp³-hybridized carbons (Fsp3) is 0.769. The molecule has 0 aromatic carbocycles. The van der Waals surface area contributed by atoms with Gasteiger partial charge in [-0.2, -0.15) is 0 Å². The molecule has 0 unspecified atom stereocenters. The van der Waals surface area contributed by atoms with Crippen LogP contribution in [-0.4, -0.2) is 18.4 Å². The highest BCUT2D eigenvalue weighted by atomic mass is 16.1. The topological polar surface area (TPSA) is 29.1 Å². The number of hydrogen-bond donors (Lipinski definition) is 1. The van der Waals surface area contributed by atoms with Crippen LogP contribution in [0.4, 0.5) is 0 Å². The van der Waals surface area contributed by atoms with E-state index in [1.807, 2.05) is 12.2 Å². The molecule has 0 atom stereocenters. The zero-order chi connectivity index (χ0) is 12.3. The van der Waals surface area contributed by atoms with Crippen molar-refractivity contribution in [3.63, 3.8) is 0 Å². The van der Waals surface area contributed by atoms with Gasteiger partial charge in [-0.05, 0) is 12.8 Å². The first-order chi connectivity index (χ1) is 6.86. The fourth-order valence-corrected chi connectivity index (χ4v) is 0.636. The van der Waals surface area contributed by atoms with Crippen LogP contribution >= 0.6 is 0 Å². The summed E-state index contributed by atoms with van der Waals surface area (Å²) in [6.07, 6.45) is 4.44. The Hall–Kier alpha value is -0.630. The molecule has 0 bridgehead atoms. The lowest BCUT2D eigenvalue weighted by molar-refractivity contribution is -0.116. The molecule has 0 radical (unpaired) electrons. The third-order valence-electron chi connectivity index (χ3n) is 1.22. The van der Waals surface area contributed by atoms with Crippen molar-refractivity contribution in [2.45, 2.75) is 54.0 Å². The Morgan fingerprint density at radius 2 is 1.67 bits per heavy atom. The van der Waals surface area contributed by atoms with Crippen LogP contribution in [0.5, 0.6) is 0 Å². The first kappa shape index (κ1) is 16.8. The standard InChI is InChI=1S/C9H17NO.C4H10.H2/c1-8(2)10-7-5-4-6-9(3)11;1-4(2)3;/h4-5,8,10H,6-7H2,1-3H3;4H,1-3H3;1H/b5-4+;;. The lowest BCUT2D eigenvalue weighted by Crippen LogP contribution is -2.22. The van der Waals surface area contributed by atoms with Gasteiger partial charge in [-0.15, -0.1) is 0 Å². The van der Waals surface area contributed by atoms with Gasteiger partial charge in [0.2, 0.25) is 0 Å². The van der Waals surface area contributed by atoms with E-state index in [1.165, 1.54) is 0 Å². The zero-order valence-electron chi connectivity index (χ0n) is 11.1. The highest BCUT2D eigenvalue weighted by Gasteiger charge is 1.87. The third kappa shape index (κ3) is 31.8. The largest absolute Gasteiger partial charge is 0.311 e. The van der Waals surface area contributed by atoms with Gasteiger partial charge >= 0.3 is 0 Å². The summed E-state index contributed by atoms with van der Waals surface area (Å²) >= 11 is 0. The zero-order valence-corrected chi connectivity index (χ0v) is 11.1. The van der Waals surface area contributed by atoms with E-state index < -0.39 is 0 Å². The van der Waals surface area contributed by atoms with Crippen LogP contribution in [0.2, 0.25) is 0 Å². The lowest BCUT2D eigenvalue weighted by Gasteiger charge is -2.02. The Morgan fingerprint density at radius 3 is 2.00 bits per heavy atom. The molecule has 0 aliphatic heterocycles. The summed E-state index contributed by atoms with van der Waals surface area (Å²) in [5.41, 5.74) is 0. The van der Waals surface area contributed by atoms with Crippen LogP contribution in [0.15, 0.2) is 12.2 Å². The second-order valence-corrected chi connectivity index (χ2v) is 4.67. The minimum absolute atomic E-state index is 0. The summed E-state index contributed by atoms with van der Waals surface area (Å²) in [6, 6.07) is 0.511. The number of Topliss-reactive ketones (excluding diaryl/α,β-unsaturated/α-hetero) is 1. The third-order valence-corrected chi connectivity index (χ3v) is 1.22. The molecule has 0 amide bonds. The van der Waals surface area contributed by atoms with Crippen LogP contribution in [-0.2, 0) is 4.79 Å². The first-order valence-electron chi connectivity index (χ1n) is 5.74. The first-order valence-corrected chi connectivity index (χ1v) is 5.74. The molecule has 0 heterocycles. The average molecular weight is 215 g/mol. The summed E-state index contributed by atoms with van der Waals surface area (Å²) in [6.45, 7) is 13.1. The van der Waals surface area contributed by atoms with E-state index in [0.29, 0.717) is 12.5 Å². The van der Waals surface area contributed by atoms with E-state index in [9.17, 15) is 4.79 Å². The Labute approximate surface area is 96.6 Å². The molecule has 0 fully saturated rings. The number of rotatable bonds is 5. The van der Waals surface area contributed by atoms with Crippen molar-refractivity contribution in [3.05, 3.63) is 12.2 Å². The van der Waals surface area contributed by atoms with Gasteiger partial charge in [-0.25, -0.2) is 0 Å². The molecule has 0 aromatic heterocycles. The van der Waals surface area contributed by atoms with Gasteiger partial charge in [0, 0.05) is 20.4 Å². The van der Waals surface area contributed by atoms with Crippen molar-refractivity contribution in [2.75, 3.05) is 6.54 Å².